The second-order valence-corrected chi connectivity index (χ2v) is 9.63. The quantitative estimate of drug-likeness (QED) is 0.517. The van der Waals surface area contributed by atoms with Crippen molar-refractivity contribution in [3.63, 3.8) is 0 Å². The van der Waals surface area contributed by atoms with Gasteiger partial charge < -0.3 is 10.5 Å². The fourth-order valence-corrected chi connectivity index (χ4v) is 4.46. The minimum Gasteiger partial charge on any atom is -0.443 e. The number of cyclic esters (lactones) is 1. The predicted octanol–water partition coefficient (Wildman–Crippen LogP) is 2.74. The number of nitrogens with two attached hydrogens (primary N) is 1. The summed E-state index contributed by atoms with van der Waals surface area (Å²) < 4.78 is 32.4. The number of rotatable bonds is 7. The summed E-state index contributed by atoms with van der Waals surface area (Å²) in [5, 5.41) is 7.54. The van der Waals surface area contributed by atoms with Crippen LogP contribution in [0.15, 0.2) is 53.4 Å². The topological polar surface area (TPSA) is 117 Å². The van der Waals surface area contributed by atoms with E-state index in [4.69, 9.17) is 15.9 Å². The minimum atomic E-state index is -3.71. The molecule has 0 bridgehead atoms. The van der Waals surface area contributed by atoms with Crippen molar-refractivity contribution in [2.75, 3.05) is 25.0 Å². The molecule has 1 aliphatic rings. The third-order valence-corrected chi connectivity index (χ3v) is 6.90. The molecule has 1 saturated heterocycles. The zero-order valence-corrected chi connectivity index (χ0v) is 18.0. The van der Waals surface area contributed by atoms with Gasteiger partial charge in [0.2, 0.25) is 10.0 Å². The Morgan fingerprint density at radius 3 is 2.53 bits per heavy atom. The standard InChI is InChI=1S/C21H26N4O4S/c1-14(2)15-7-9-19(10-8-15)30(27,28)24(3)12-18-13-25(21(26)29-18)17-6-4-5-16(11-17)20(22)23/h4-11,14,18H,12-13H2,1-3H3,(H3,22,23). The van der Waals surface area contributed by atoms with Crippen molar-refractivity contribution in [3.05, 3.63) is 59.7 Å². The number of hydrogen-bond acceptors (Lipinski definition) is 5. The van der Waals surface area contributed by atoms with Crippen LogP contribution in [0.3, 0.4) is 0 Å². The highest BCUT2D eigenvalue weighted by atomic mass is 32.2. The van der Waals surface area contributed by atoms with Crippen LogP contribution in [0.25, 0.3) is 0 Å². The number of nitrogens with one attached hydrogen (secondary N) is 1. The lowest BCUT2D eigenvalue weighted by atomic mass is 10.0. The maximum absolute atomic E-state index is 12.9. The molecule has 9 heteroatoms. The molecule has 2 aromatic carbocycles. The van der Waals surface area contributed by atoms with E-state index in [0.717, 1.165) is 5.56 Å². The van der Waals surface area contributed by atoms with Crippen molar-refractivity contribution in [1.29, 1.82) is 5.41 Å². The van der Waals surface area contributed by atoms with Gasteiger partial charge in [-0.05, 0) is 35.7 Å². The lowest BCUT2D eigenvalue weighted by Gasteiger charge is -2.20. The Kier molecular flexibility index (Phi) is 6.14. The molecule has 1 fully saturated rings. The number of sulfonamides is 1. The van der Waals surface area contributed by atoms with Gasteiger partial charge >= 0.3 is 6.09 Å². The summed E-state index contributed by atoms with van der Waals surface area (Å²) in [4.78, 5) is 13.9. The summed E-state index contributed by atoms with van der Waals surface area (Å²) in [5.41, 5.74) is 7.61. The van der Waals surface area contributed by atoms with Crippen molar-refractivity contribution in [3.8, 4) is 0 Å². The van der Waals surface area contributed by atoms with E-state index in [1.807, 2.05) is 26.0 Å². The molecule has 8 nitrogen and oxygen atoms in total. The number of nitrogen functional groups attached to an aromatic ring is 1. The van der Waals surface area contributed by atoms with E-state index in [9.17, 15) is 13.2 Å². The van der Waals surface area contributed by atoms with Gasteiger partial charge in [0.25, 0.3) is 0 Å². The fraction of sp³-hybridized carbons (Fsp3) is 0.333. The molecule has 0 aromatic heterocycles. The molecule has 1 atom stereocenters. The van der Waals surface area contributed by atoms with Gasteiger partial charge in [-0.1, -0.05) is 38.1 Å². The first kappa shape index (κ1) is 21.8. The monoisotopic (exact) mass is 430 g/mol. The van der Waals surface area contributed by atoms with Crippen LogP contribution in [0, 0.1) is 5.41 Å². The summed E-state index contributed by atoms with van der Waals surface area (Å²) in [5.74, 6) is 0.208. The first-order valence-electron chi connectivity index (χ1n) is 9.58. The molecule has 0 radical (unpaired) electrons. The summed E-state index contributed by atoms with van der Waals surface area (Å²) >= 11 is 0. The Balaban J connectivity index is 1.71. The Morgan fingerprint density at radius 2 is 1.93 bits per heavy atom. The van der Waals surface area contributed by atoms with E-state index in [1.54, 1.807) is 36.4 Å². The molecule has 3 N–H and O–H groups in total. The van der Waals surface area contributed by atoms with E-state index in [2.05, 4.69) is 0 Å². The highest BCUT2D eigenvalue weighted by molar-refractivity contribution is 7.89. The van der Waals surface area contributed by atoms with Gasteiger partial charge in [-0.3, -0.25) is 10.3 Å². The number of carbonyl (C=O) groups is 1. The number of amides is 1. The number of benzene rings is 2. The van der Waals surface area contributed by atoms with Gasteiger partial charge in [0.15, 0.2) is 0 Å². The van der Waals surface area contributed by atoms with Crippen LogP contribution in [-0.4, -0.2) is 50.9 Å². The number of nitrogens with zero attached hydrogens (tertiary/aromatic N) is 2. The molecule has 30 heavy (non-hydrogen) atoms. The normalized spacial score (nSPS) is 16.9. The molecule has 1 amide bonds. The second kappa shape index (κ2) is 8.45. The fourth-order valence-electron chi connectivity index (χ4n) is 3.26. The minimum absolute atomic E-state index is 0.0307. The largest absolute Gasteiger partial charge is 0.443 e. The Labute approximate surface area is 176 Å². The molecular formula is C21H26N4O4S. The van der Waals surface area contributed by atoms with E-state index >= 15 is 0 Å². The summed E-state index contributed by atoms with van der Waals surface area (Å²) in [6.07, 6.45) is -1.18. The van der Waals surface area contributed by atoms with Crippen LogP contribution in [0.4, 0.5) is 10.5 Å². The van der Waals surface area contributed by atoms with E-state index in [0.29, 0.717) is 17.2 Å². The van der Waals surface area contributed by atoms with Gasteiger partial charge in [-0.15, -0.1) is 0 Å². The zero-order valence-electron chi connectivity index (χ0n) is 17.2. The smallest absolute Gasteiger partial charge is 0.414 e. The SMILES string of the molecule is CC(C)c1ccc(S(=O)(=O)N(C)CC2CN(c3cccc(C(=N)N)c3)C(=O)O2)cc1. The highest BCUT2D eigenvalue weighted by Crippen LogP contribution is 2.25. The van der Waals surface area contributed by atoms with Crippen molar-refractivity contribution in [1.82, 2.24) is 4.31 Å². The molecule has 0 aliphatic carbocycles. The number of anilines is 1. The summed E-state index contributed by atoms with van der Waals surface area (Å²) in [6.45, 7) is 4.32. The van der Waals surface area contributed by atoms with Crippen LogP contribution in [0.1, 0.15) is 30.9 Å². The van der Waals surface area contributed by atoms with Crippen LogP contribution in [0.5, 0.6) is 0 Å². The van der Waals surface area contributed by atoms with Crippen LogP contribution < -0.4 is 10.6 Å². The lowest BCUT2D eigenvalue weighted by molar-refractivity contribution is 0.131. The molecule has 1 aliphatic heterocycles. The molecule has 2 aromatic rings. The molecule has 1 heterocycles. The molecular weight excluding hydrogens is 404 g/mol. The van der Waals surface area contributed by atoms with Gasteiger partial charge in [0.1, 0.15) is 11.9 Å². The average molecular weight is 431 g/mol. The number of ether oxygens (including phenoxy) is 1. The lowest BCUT2D eigenvalue weighted by Crippen LogP contribution is -2.36. The maximum atomic E-state index is 12.9. The molecule has 3 rings (SSSR count). The highest BCUT2D eigenvalue weighted by Gasteiger charge is 2.35. The van der Waals surface area contributed by atoms with Gasteiger partial charge in [-0.2, -0.15) is 4.31 Å². The van der Waals surface area contributed by atoms with Crippen molar-refractivity contribution in [2.45, 2.75) is 30.8 Å². The number of amidine groups is 1. The van der Waals surface area contributed by atoms with Gasteiger partial charge in [0.05, 0.1) is 18.0 Å². The first-order chi connectivity index (χ1) is 14.1. The first-order valence-corrected chi connectivity index (χ1v) is 11.0. The number of hydrogen-bond donors (Lipinski definition) is 2. The maximum Gasteiger partial charge on any atom is 0.414 e. The zero-order chi connectivity index (χ0) is 22.1. The summed E-state index contributed by atoms with van der Waals surface area (Å²) in [7, 11) is -2.24. The Bertz CT molecular complexity index is 1050. The second-order valence-electron chi connectivity index (χ2n) is 7.59. The molecule has 1 unspecified atom stereocenters. The van der Waals surface area contributed by atoms with E-state index < -0.39 is 22.2 Å². The molecule has 160 valence electrons. The van der Waals surface area contributed by atoms with Crippen LogP contribution >= 0.6 is 0 Å². The van der Waals surface area contributed by atoms with Gasteiger partial charge in [0, 0.05) is 18.3 Å². The number of likely N-dealkylation sites (N-methyl/N-ethyl adjacent to an activating group) is 1. The summed E-state index contributed by atoms with van der Waals surface area (Å²) in [6, 6.07) is 13.5. The van der Waals surface area contributed by atoms with Gasteiger partial charge in [-0.25, -0.2) is 13.2 Å². The van der Waals surface area contributed by atoms with Crippen LogP contribution in [0.2, 0.25) is 0 Å². The molecule has 0 saturated carbocycles. The Hall–Kier alpha value is -2.91. The van der Waals surface area contributed by atoms with E-state index in [-0.39, 0.29) is 23.8 Å². The van der Waals surface area contributed by atoms with Crippen molar-refractivity contribution >= 4 is 27.6 Å². The average Bonchev–Trinajstić information content (AvgIpc) is 3.08. The Morgan fingerprint density at radius 1 is 1.27 bits per heavy atom. The third-order valence-electron chi connectivity index (χ3n) is 5.06. The molecule has 0 spiro atoms. The van der Waals surface area contributed by atoms with Crippen LogP contribution in [-0.2, 0) is 14.8 Å². The third kappa shape index (κ3) is 4.47. The number of carbonyl (C=O) groups excluding carboxylic acids is 1. The van der Waals surface area contributed by atoms with Crippen molar-refractivity contribution in [2.24, 2.45) is 5.73 Å². The van der Waals surface area contributed by atoms with E-state index in [1.165, 1.54) is 16.3 Å². The predicted molar refractivity (Wildman–Crippen MR) is 115 cm³/mol. The van der Waals surface area contributed by atoms with Crippen molar-refractivity contribution < 1.29 is 17.9 Å².